The molecule has 0 aliphatic carbocycles. The van der Waals surface area contributed by atoms with Gasteiger partial charge in [-0.05, 0) is 65.2 Å². The van der Waals surface area contributed by atoms with Crippen LogP contribution in [0.1, 0.15) is 16.7 Å². The van der Waals surface area contributed by atoms with E-state index in [2.05, 4.69) is 26.2 Å². The molecule has 0 saturated heterocycles. The van der Waals surface area contributed by atoms with Crippen LogP contribution in [0.4, 0.5) is 14.9 Å². The van der Waals surface area contributed by atoms with Crippen LogP contribution in [-0.2, 0) is 6.54 Å². The molecular weight excluding hydrogens is 323 g/mol. The summed E-state index contributed by atoms with van der Waals surface area (Å²) in [6.07, 6.45) is 1.51. The lowest BCUT2D eigenvalue weighted by Crippen LogP contribution is -2.28. The normalized spacial score (nSPS) is 10.5. The van der Waals surface area contributed by atoms with Crippen molar-refractivity contribution < 1.29 is 9.18 Å². The average Bonchev–Trinajstić information content (AvgIpc) is 3.10. The van der Waals surface area contributed by atoms with E-state index in [0.717, 1.165) is 16.8 Å². The molecule has 8 heteroatoms. The van der Waals surface area contributed by atoms with Crippen molar-refractivity contribution in [3.8, 4) is 5.69 Å². The summed E-state index contributed by atoms with van der Waals surface area (Å²) in [5.41, 5.74) is 3.78. The number of halogens is 1. The van der Waals surface area contributed by atoms with Gasteiger partial charge < -0.3 is 10.6 Å². The Hall–Kier alpha value is -3.29. The summed E-state index contributed by atoms with van der Waals surface area (Å²) < 4.78 is 14.8. The van der Waals surface area contributed by atoms with Crippen LogP contribution in [0.5, 0.6) is 0 Å². The van der Waals surface area contributed by atoms with Crippen LogP contribution < -0.4 is 10.6 Å². The molecule has 3 rings (SSSR count). The Bertz CT molecular complexity index is 894. The van der Waals surface area contributed by atoms with Gasteiger partial charge in [0.05, 0.1) is 5.69 Å². The number of carbonyl (C=O) groups is 1. The number of aromatic nitrogens is 4. The predicted octanol–water partition coefficient (Wildman–Crippen LogP) is 2.74. The number of urea groups is 1. The van der Waals surface area contributed by atoms with Crippen LogP contribution >= 0.6 is 0 Å². The largest absolute Gasteiger partial charge is 0.334 e. The summed E-state index contributed by atoms with van der Waals surface area (Å²) in [6.45, 7) is 3.91. The molecule has 2 amide bonds. The zero-order chi connectivity index (χ0) is 17.8. The summed E-state index contributed by atoms with van der Waals surface area (Å²) in [5, 5.41) is 16.6. The fourth-order valence-corrected chi connectivity index (χ4v) is 2.44. The minimum atomic E-state index is -0.337. The Morgan fingerprint density at radius 1 is 1.16 bits per heavy atom. The van der Waals surface area contributed by atoms with E-state index in [9.17, 15) is 9.18 Å². The van der Waals surface area contributed by atoms with Crippen LogP contribution in [0, 0.1) is 19.7 Å². The van der Waals surface area contributed by atoms with Crippen LogP contribution in [0.25, 0.3) is 5.69 Å². The molecule has 0 fully saturated rings. The van der Waals surface area contributed by atoms with Gasteiger partial charge in [-0.1, -0.05) is 12.1 Å². The first-order valence-electron chi connectivity index (χ1n) is 7.67. The van der Waals surface area contributed by atoms with E-state index in [-0.39, 0.29) is 11.8 Å². The molecular formula is C17H17FN6O. The monoisotopic (exact) mass is 340 g/mol. The first kappa shape index (κ1) is 16.6. The van der Waals surface area contributed by atoms with Gasteiger partial charge in [0.2, 0.25) is 0 Å². The maximum Gasteiger partial charge on any atom is 0.319 e. The van der Waals surface area contributed by atoms with Gasteiger partial charge in [0.25, 0.3) is 0 Å². The highest BCUT2D eigenvalue weighted by molar-refractivity contribution is 5.89. The molecule has 1 heterocycles. The molecule has 25 heavy (non-hydrogen) atoms. The van der Waals surface area contributed by atoms with E-state index >= 15 is 0 Å². The van der Waals surface area contributed by atoms with Crippen LogP contribution in [0.3, 0.4) is 0 Å². The molecule has 2 aromatic carbocycles. The van der Waals surface area contributed by atoms with Crippen molar-refractivity contribution >= 4 is 11.7 Å². The number of hydrogen-bond donors (Lipinski definition) is 2. The van der Waals surface area contributed by atoms with Crippen molar-refractivity contribution in [2.45, 2.75) is 20.4 Å². The standard InChI is InChI=1S/C17H17FN6O/c1-11-7-13(3-5-15(11)18)9-19-17(25)21-14-4-6-16(12(2)8-14)24-10-20-22-23-24/h3-8,10H,9H2,1-2H3,(H2,19,21,25). The van der Waals surface area contributed by atoms with Crippen molar-refractivity contribution in [1.82, 2.24) is 25.5 Å². The Morgan fingerprint density at radius 2 is 2.00 bits per heavy atom. The third kappa shape index (κ3) is 3.97. The highest BCUT2D eigenvalue weighted by Crippen LogP contribution is 2.17. The van der Waals surface area contributed by atoms with Gasteiger partial charge in [-0.25, -0.2) is 13.9 Å². The number of nitrogens with one attached hydrogen (secondary N) is 2. The SMILES string of the molecule is Cc1cc(CNC(=O)Nc2ccc(-n3cnnn3)c(C)c2)ccc1F. The Labute approximate surface area is 143 Å². The molecule has 1 aromatic heterocycles. The number of aryl methyl sites for hydroxylation is 2. The zero-order valence-corrected chi connectivity index (χ0v) is 13.8. The topological polar surface area (TPSA) is 84.7 Å². The third-order valence-corrected chi connectivity index (χ3v) is 3.73. The molecule has 7 nitrogen and oxygen atoms in total. The summed E-state index contributed by atoms with van der Waals surface area (Å²) in [4.78, 5) is 12.0. The highest BCUT2D eigenvalue weighted by Gasteiger charge is 2.07. The second kappa shape index (κ2) is 7.08. The van der Waals surface area contributed by atoms with Gasteiger partial charge in [-0.15, -0.1) is 5.10 Å². The fraction of sp³-hybridized carbons (Fsp3) is 0.176. The Balaban J connectivity index is 1.61. The van der Waals surface area contributed by atoms with Crippen LogP contribution in [-0.4, -0.2) is 26.2 Å². The van der Waals surface area contributed by atoms with Gasteiger partial charge in [0, 0.05) is 12.2 Å². The second-order valence-electron chi connectivity index (χ2n) is 5.65. The van der Waals surface area contributed by atoms with Crippen molar-refractivity contribution in [2.24, 2.45) is 0 Å². The molecule has 3 aromatic rings. The number of anilines is 1. The molecule has 0 atom stereocenters. The molecule has 0 spiro atoms. The minimum absolute atomic E-state index is 0.258. The lowest BCUT2D eigenvalue weighted by molar-refractivity contribution is 0.251. The van der Waals surface area contributed by atoms with E-state index in [1.807, 2.05) is 19.1 Å². The maximum absolute atomic E-state index is 13.2. The molecule has 0 saturated carbocycles. The van der Waals surface area contributed by atoms with Gasteiger partial charge in [-0.3, -0.25) is 0 Å². The van der Waals surface area contributed by atoms with E-state index in [0.29, 0.717) is 17.8 Å². The summed E-state index contributed by atoms with van der Waals surface area (Å²) in [5.74, 6) is -0.258. The zero-order valence-electron chi connectivity index (χ0n) is 13.8. The predicted molar refractivity (Wildman–Crippen MR) is 90.9 cm³/mol. The number of nitrogens with zero attached hydrogens (tertiary/aromatic N) is 4. The van der Waals surface area contributed by atoms with Crippen molar-refractivity contribution in [3.63, 3.8) is 0 Å². The first-order valence-corrected chi connectivity index (χ1v) is 7.67. The smallest absolute Gasteiger partial charge is 0.319 e. The Morgan fingerprint density at radius 3 is 2.68 bits per heavy atom. The summed E-state index contributed by atoms with van der Waals surface area (Å²) in [7, 11) is 0. The maximum atomic E-state index is 13.2. The number of hydrogen-bond acceptors (Lipinski definition) is 4. The second-order valence-corrected chi connectivity index (χ2v) is 5.65. The number of rotatable bonds is 4. The van der Waals surface area contributed by atoms with Crippen molar-refractivity contribution in [1.29, 1.82) is 0 Å². The molecule has 0 bridgehead atoms. The Kier molecular flexibility index (Phi) is 4.69. The number of carbonyl (C=O) groups excluding carboxylic acids is 1. The number of benzene rings is 2. The fourth-order valence-electron chi connectivity index (χ4n) is 2.44. The average molecular weight is 340 g/mol. The van der Waals surface area contributed by atoms with E-state index in [1.165, 1.54) is 12.4 Å². The van der Waals surface area contributed by atoms with Gasteiger partial charge in [0.15, 0.2) is 0 Å². The quantitative estimate of drug-likeness (QED) is 0.765. The van der Waals surface area contributed by atoms with E-state index in [1.54, 1.807) is 29.8 Å². The molecule has 0 aliphatic heterocycles. The van der Waals surface area contributed by atoms with Gasteiger partial charge in [0.1, 0.15) is 12.1 Å². The summed E-state index contributed by atoms with van der Waals surface area (Å²) >= 11 is 0. The molecule has 0 aliphatic rings. The lowest BCUT2D eigenvalue weighted by atomic mass is 10.1. The lowest BCUT2D eigenvalue weighted by Gasteiger charge is -2.11. The number of amides is 2. The third-order valence-electron chi connectivity index (χ3n) is 3.73. The van der Waals surface area contributed by atoms with Crippen LogP contribution in [0.15, 0.2) is 42.7 Å². The highest BCUT2D eigenvalue weighted by atomic mass is 19.1. The van der Waals surface area contributed by atoms with Crippen molar-refractivity contribution in [3.05, 3.63) is 65.2 Å². The molecule has 2 N–H and O–H groups in total. The van der Waals surface area contributed by atoms with E-state index in [4.69, 9.17) is 0 Å². The van der Waals surface area contributed by atoms with Crippen LogP contribution in [0.2, 0.25) is 0 Å². The summed E-state index contributed by atoms with van der Waals surface area (Å²) in [6, 6.07) is 9.84. The number of tetrazole rings is 1. The first-order chi connectivity index (χ1) is 12.0. The van der Waals surface area contributed by atoms with Crippen molar-refractivity contribution in [2.75, 3.05) is 5.32 Å². The molecule has 0 unspecified atom stereocenters. The molecule has 0 radical (unpaired) electrons. The van der Waals surface area contributed by atoms with Gasteiger partial charge in [-0.2, -0.15) is 0 Å². The van der Waals surface area contributed by atoms with E-state index < -0.39 is 0 Å². The minimum Gasteiger partial charge on any atom is -0.334 e. The molecule has 128 valence electrons. The van der Waals surface area contributed by atoms with Gasteiger partial charge >= 0.3 is 6.03 Å².